The number of hydrogen-bond acceptors (Lipinski definition) is 2. The Morgan fingerprint density at radius 1 is 0.521 bits per heavy atom. The Hall–Kier alpha value is -5.08. The summed E-state index contributed by atoms with van der Waals surface area (Å²) in [7, 11) is 0. The van der Waals surface area contributed by atoms with Crippen molar-refractivity contribution in [3.05, 3.63) is 149 Å². The van der Waals surface area contributed by atoms with Gasteiger partial charge in [-0.2, -0.15) is 0 Å². The zero-order chi connectivity index (χ0) is 33.2. The van der Waals surface area contributed by atoms with Crippen LogP contribution < -0.4 is 4.90 Å². The third-order valence-electron chi connectivity index (χ3n) is 11.1. The summed E-state index contributed by atoms with van der Waals surface area (Å²) >= 11 is 0. The second-order valence-electron chi connectivity index (χ2n) is 15.8. The van der Waals surface area contributed by atoms with Crippen molar-refractivity contribution in [2.24, 2.45) is 0 Å². The normalized spacial score (nSPS) is 15.3. The van der Waals surface area contributed by atoms with Crippen molar-refractivity contribution in [1.82, 2.24) is 0 Å². The first-order valence-corrected chi connectivity index (χ1v) is 17.2. The first-order chi connectivity index (χ1) is 23.0. The molecule has 6 aromatic carbocycles. The summed E-state index contributed by atoms with van der Waals surface area (Å²) in [5, 5.41) is 2.27. The standard InChI is InChI=1S/C46H41NO/c1-44(2,3)40-38-31-20-11-14-22-34(31)45(4,5)41(38)43(42-39(40)32-21-12-15-23-35(32)46(42,6)7)47(28-17-9-8-10-18-28)29-25-26-37-33(27-29)30-19-13-16-24-36(30)48-37/h8-27H,1-7H3. The molecule has 0 saturated carbocycles. The zero-order valence-electron chi connectivity index (χ0n) is 28.9. The third-order valence-corrected chi connectivity index (χ3v) is 11.1. The van der Waals surface area contributed by atoms with E-state index in [2.05, 4.69) is 169 Å². The molecule has 0 unspecified atom stereocenters. The van der Waals surface area contributed by atoms with Crippen LogP contribution in [0.1, 0.15) is 76.3 Å². The summed E-state index contributed by atoms with van der Waals surface area (Å²) < 4.78 is 6.33. The Kier molecular flexibility index (Phi) is 5.90. The summed E-state index contributed by atoms with van der Waals surface area (Å²) in [5.41, 5.74) is 17.4. The molecule has 0 radical (unpaired) electrons. The number of anilines is 3. The van der Waals surface area contributed by atoms with E-state index in [0.717, 1.165) is 33.3 Å². The van der Waals surface area contributed by atoms with Crippen LogP contribution in [0.25, 0.3) is 44.2 Å². The van der Waals surface area contributed by atoms with Crippen molar-refractivity contribution in [3.63, 3.8) is 0 Å². The predicted molar refractivity (Wildman–Crippen MR) is 202 cm³/mol. The number of para-hydroxylation sites is 2. The molecule has 1 aromatic heterocycles. The highest BCUT2D eigenvalue weighted by atomic mass is 16.3. The second-order valence-corrected chi connectivity index (χ2v) is 15.8. The molecular weight excluding hydrogens is 583 g/mol. The average molecular weight is 624 g/mol. The maximum atomic E-state index is 6.33. The maximum Gasteiger partial charge on any atom is 0.135 e. The second kappa shape index (κ2) is 9.73. The van der Waals surface area contributed by atoms with Crippen molar-refractivity contribution in [2.45, 2.75) is 64.7 Å². The van der Waals surface area contributed by atoms with Gasteiger partial charge in [0, 0.05) is 33.0 Å². The van der Waals surface area contributed by atoms with Crippen molar-refractivity contribution < 1.29 is 4.42 Å². The molecule has 2 heteroatoms. The molecule has 1 heterocycles. The molecule has 2 aliphatic rings. The number of benzene rings is 6. The van der Waals surface area contributed by atoms with Crippen LogP contribution in [0.3, 0.4) is 0 Å². The Morgan fingerprint density at radius 2 is 1.04 bits per heavy atom. The molecule has 7 aromatic rings. The smallest absolute Gasteiger partial charge is 0.135 e. The molecule has 48 heavy (non-hydrogen) atoms. The van der Waals surface area contributed by atoms with Crippen LogP contribution in [-0.4, -0.2) is 0 Å². The molecular formula is C46H41NO. The zero-order valence-corrected chi connectivity index (χ0v) is 28.9. The van der Waals surface area contributed by atoms with Gasteiger partial charge in [0.05, 0.1) is 5.69 Å². The molecule has 2 nitrogen and oxygen atoms in total. The Morgan fingerprint density at radius 3 is 1.65 bits per heavy atom. The van der Waals surface area contributed by atoms with Gasteiger partial charge in [0.15, 0.2) is 0 Å². The highest BCUT2D eigenvalue weighted by Crippen LogP contribution is 2.65. The lowest BCUT2D eigenvalue weighted by molar-refractivity contribution is 0.587. The SMILES string of the molecule is CC(C)(C)c1c2c(c(N(c3ccccc3)c3ccc4oc5ccccc5c4c3)c3c1-c1ccccc1C3(C)C)C(C)(C)c1ccccc1-2. The van der Waals surface area contributed by atoms with Crippen LogP contribution in [0, 0.1) is 0 Å². The van der Waals surface area contributed by atoms with Gasteiger partial charge in [0.1, 0.15) is 11.2 Å². The van der Waals surface area contributed by atoms with Gasteiger partial charge < -0.3 is 9.32 Å². The average Bonchev–Trinajstić information content (AvgIpc) is 3.64. The molecule has 0 saturated heterocycles. The molecule has 0 fully saturated rings. The summed E-state index contributed by atoms with van der Waals surface area (Å²) in [4.78, 5) is 2.56. The highest BCUT2D eigenvalue weighted by molar-refractivity contribution is 6.08. The van der Waals surface area contributed by atoms with Crippen LogP contribution >= 0.6 is 0 Å². The van der Waals surface area contributed by atoms with E-state index in [-0.39, 0.29) is 16.2 Å². The molecule has 9 rings (SSSR count). The maximum absolute atomic E-state index is 6.33. The Bertz CT molecular complexity index is 2350. The monoisotopic (exact) mass is 623 g/mol. The molecule has 0 atom stereocenters. The Balaban J connectivity index is 1.50. The van der Waals surface area contributed by atoms with Crippen molar-refractivity contribution in [3.8, 4) is 22.3 Å². The first-order valence-electron chi connectivity index (χ1n) is 17.2. The van der Waals surface area contributed by atoms with Gasteiger partial charge in [-0.25, -0.2) is 0 Å². The molecule has 2 aliphatic carbocycles. The van der Waals surface area contributed by atoms with Crippen LogP contribution in [0.2, 0.25) is 0 Å². The van der Waals surface area contributed by atoms with Gasteiger partial charge in [-0.05, 0) is 91.9 Å². The van der Waals surface area contributed by atoms with Gasteiger partial charge >= 0.3 is 0 Å². The van der Waals surface area contributed by atoms with Gasteiger partial charge in [0.25, 0.3) is 0 Å². The molecule has 0 N–H and O–H groups in total. The lowest BCUT2D eigenvalue weighted by Crippen LogP contribution is -2.27. The van der Waals surface area contributed by atoms with Gasteiger partial charge in [-0.1, -0.05) is 133 Å². The van der Waals surface area contributed by atoms with Crippen LogP contribution in [0.15, 0.2) is 126 Å². The van der Waals surface area contributed by atoms with E-state index in [9.17, 15) is 0 Å². The summed E-state index contributed by atoms with van der Waals surface area (Å²) in [6.45, 7) is 16.9. The number of furan rings is 1. The van der Waals surface area contributed by atoms with E-state index >= 15 is 0 Å². The van der Waals surface area contributed by atoms with E-state index in [1.54, 1.807) is 0 Å². The third kappa shape index (κ3) is 3.80. The lowest BCUT2D eigenvalue weighted by atomic mass is 9.71. The minimum absolute atomic E-state index is 0.0973. The van der Waals surface area contributed by atoms with Crippen LogP contribution in [0.4, 0.5) is 17.1 Å². The van der Waals surface area contributed by atoms with E-state index in [1.165, 1.54) is 55.8 Å². The van der Waals surface area contributed by atoms with Crippen molar-refractivity contribution in [2.75, 3.05) is 4.90 Å². The predicted octanol–water partition coefficient (Wildman–Crippen LogP) is 13.0. The number of nitrogens with zero attached hydrogens (tertiary/aromatic N) is 1. The number of fused-ring (bicyclic) bond motifs is 9. The van der Waals surface area contributed by atoms with E-state index < -0.39 is 0 Å². The van der Waals surface area contributed by atoms with E-state index in [4.69, 9.17) is 4.42 Å². The highest BCUT2D eigenvalue weighted by Gasteiger charge is 2.50. The summed E-state index contributed by atoms with van der Waals surface area (Å²) in [6.07, 6.45) is 0. The topological polar surface area (TPSA) is 16.4 Å². The largest absolute Gasteiger partial charge is 0.456 e. The van der Waals surface area contributed by atoms with E-state index in [1.807, 2.05) is 6.07 Å². The minimum Gasteiger partial charge on any atom is -0.456 e. The number of hydrogen-bond donors (Lipinski definition) is 0. The van der Waals surface area contributed by atoms with Crippen LogP contribution in [0.5, 0.6) is 0 Å². The fraction of sp³-hybridized carbons (Fsp3) is 0.217. The minimum atomic E-state index is -0.236. The van der Waals surface area contributed by atoms with Gasteiger partial charge in [0.2, 0.25) is 0 Å². The van der Waals surface area contributed by atoms with Gasteiger partial charge in [-0.15, -0.1) is 0 Å². The molecule has 0 aliphatic heterocycles. The quantitative estimate of drug-likeness (QED) is 0.195. The molecule has 0 spiro atoms. The fourth-order valence-corrected chi connectivity index (χ4v) is 9.07. The lowest BCUT2D eigenvalue weighted by Gasteiger charge is -2.39. The van der Waals surface area contributed by atoms with Crippen molar-refractivity contribution in [1.29, 1.82) is 0 Å². The summed E-state index contributed by atoms with van der Waals surface area (Å²) in [5.74, 6) is 0. The number of rotatable bonds is 3. The van der Waals surface area contributed by atoms with Crippen LogP contribution in [-0.2, 0) is 16.2 Å². The fourth-order valence-electron chi connectivity index (χ4n) is 9.07. The van der Waals surface area contributed by atoms with E-state index in [0.29, 0.717) is 0 Å². The first kappa shape index (κ1) is 29.1. The molecule has 0 amide bonds. The van der Waals surface area contributed by atoms with Gasteiger partial charge in [-0.3, -0.25) is 0 Å². The molecule has 0 bridgehead atoms. The van der Waals surface area contributed by atoms with Crippen molar-refractivity contribution >= 4 is 39.0 Å². The molecule has 236 valence electrons. The summed E-state index contributed by atoms with van der Waals surface area (Å²) in [6, 6.07) is 44.4. The Labute approximate surface area is 283 Å².